The number of aromatic hydroxyl groups is 1. The summed E-state index contributed by atoms with van der Waals surface area (Å²) >= 11 is 2.90. The predicted octanol–water partition coefficient (Wildman–Crippen LogP) is 3.23. The van der Waals surface area contributed by atoms with Crippen LogP contribution < -0.4 is 4.90 Å². The van der Waals surface area contributed by atoms with Gasteiger partial charge in [-0.3, -0.25) is 9.36 Å². The lowest BCUT2D eigenvalue weighted by molar-refractivity contribution is -0.930. The van der Waals surface area contributed by atoms with Crippen LogP contribution in [0.5, 0.6) is 5.88 Å². The molecule has 8 nitrogen and oxygen atoms in total. The van der Waals surface area contributed by atoms with Gasteiger partial charge in [-0.1, -0.05) is 42.1 Å². The molecule has 0 saturated carbocycles. The summed E-state index contributed by atoms with van der Waals surface area (Å²) in [7, 11) is 0. The summed E-state index contributed by atoms with van der Waals surface area (Å²) in [6.07, 6.45) is 0. The van der Waals surface area contributed by atoms with E-state index in [0.717, 1.165) is 38.5 Å². The minimum absolute atomic E-state index is 0.0283. The highest BCUT2D eigenvalue weighted by molar-refractivity contribution is 8.01. The molecule has 2 aromatic heterocycles. The van der Waals surface area contributed by atoms with E-state index in [1.807, 2.05) is 53.1 Å². The topological polar surface area (TPSA) is 93.5 Å². The number of morpholine rings is 1. The number of thiazole rings is 1. The number of fused-ring (bicyclic) bond motifs is 2. The van der Waals surface area contributed by atoms with Gasteiger partial charge in [0, 0.05) is 5.39 Å². The molecule has 0 unspecified atom stereocenters. The summed E-state index contributed by atoms with van der Waals surface area (Å²) in [6.45, 7) is 3.78. The molecule has 32 heavy (non-hydrogen) atoms. The maximum Gasteiger partial charge on any atom is 0.274 e. The second-order valence-corrected chi connectivity index (χ2v) is 9.72. The molecule has 1 aliphatic rings. The molecule has 10 heteroatoms. The first-order valence-electron chi connectivity index (χ1n) is 10.3. The molecule has 0 atom stereocenters. The van der Waals surface area contributed by atoms with Gasteiger partial charge in [-0.2, -0.15) is 0 Å². The number of para-hydroxylation sites is 2. The zero-order chi connectivity index (χ0) is 21.9. The summed E-state index contributed by atoms with van der Waals surface area (Å²) in [4.78, 5) is 18.2. The molecule has 0 radical (unpaired) electrons. The molecule has 1 aliphatic heterocycles. The van der Waals surface area contributed by atoms with Crippen LogP contribution in [-0.4, -0.2) is 52.6 Å². The molecule has 0 aliphatic carbocycles. The zero-order valence-corrected chi connectivity index (χ0v) is 18.9. The number of carbonyl (C=O) groups excluding carboxylic acids is 1. The number of benzene rings is 2. The fourth-order valence-electron chi connectivity index (χ4n) is 3.74. The third-order valence-corrected chi connectivity index (χ3v) is 7.52. The Morgan fingerprint density at radius 2 is 1.97 bits per heavy atom. The lowest BCUT2D eigenvalue weighted by Gasteiger charge is -2.24. The molecule has 164 valence electrons. The number of azo groups is 1. The third-order valence-electron chi connectivity index (χ3n) is 5.35. The Balaban J connectivity index is 1.32. The second-order valence-electron chi connectivity index (χ2n) is 7.47. The van der Waals surface area contributed by atoms with Gasteiger partial charge >= 0.3 is 0 Å². The number of carbonyl (C=O) groups is 1. The van der Waals surface area contributed by atoms with Crippen LogP contribution in [0.15, 0.2) is 63.1 Å². The Hall–Kier alpha value is -2.79. The van der Waals surface area contributed by atoms with Crippen molar-refractivity contribution in [3.8, 4) is 5.88 Å². The van der Waals surface area contributed by atoms with Gasteiger partial charge < -0.3 is 14.7 Å². The van der Waals surface area contributed by atoms with Gasteiger partial charge in [0.15, 0.2) is 16.7 Å². The highest BCUT2D eigenvalue weighted by atomic mass is 32.2. The largest absolute Gasteiger partial charge is 0.493 e. The van der Waals surface area contributed by atoms with Crippen molar-refractivity contribution in [3.05, 3.63) is 48.5 Å². The molecule has 0 spiro atoms. The van der Waals surface area contributed by atoms with Gasteiger partial charge in [0.25, 0.3) is 5.91 Å². The minimum Gasteiger partial charge on any atom is -0.493 e. The third kappa shape index (κ3) is 4.40. The van der Waals surface area contributed by atoms with Crippen LogP contribution in [0.25, 0.3) is 21.1 Å². The van der Waals surface area contributed by atoms with Crippen LogP contribution in [0.2, 0.25) is 0 Å². The van der Waals surface area contributed by atoms with E-state index in [1.54, 1.807) is 11.3 Å². The Labute approximate surface area is 192 Å². The van der Waals surface area contributed by atoms with Crippen molar-refractivity contribution in [1.29, 1.82) is 0 Å². The van der Waals surface area contributed by atoms with Crippen LogP contribution in [0.3, 0.4) is 0 Å². The van der Waals surface area contributed by atoms with E-state index in [0.29, 0.717) is 25.6 Å². The van der Waals surface area contributed by atoms with Gasteiger partial charge in [0.05, 0.1) is 34.7 Å². The smallest absolute Gasteiger partial charge is 0.274 e. The standard InChI is InChI=1S/C22H21N5O3S2/c28-19(13-31-22-23-16-6-2-4-8-18(16)32-22)24-25-20-15-5-1-3-7-17(15)27(21(20)29)14-26-9-11-30-12-10-26/h1-8,29H,9-14H2/p+1. The van der Waals surface area contributed by atoms with Gasteiger partial charge in [-0.15, -0.1) is 21.6 Å². The van der Waals surface area contributed by atoms with Crippen molar-refractivity contribution in [2.24, 2.45) is 10.2 Å². The highest BCUT2D eigenvalue weighted by Gasteiger charge is 2.21. The molecule has 1 amide bonds. The first-order chi connectivity index (χ1) is 15.7. The SMILES string of the molecule is O=C(CSc1nc2ccccc2s1)N=Nc1c(O)n(C[NH+]2CCOCC2)c2ccccc12. The molecule has 5 rings (SSSR count). The van der Waals surface area contributed by atoms with Crippen LogP contribution in [0.1, 0.15) is 0 Å². The minimum atomic E-state index is -0.371. The molecule has 1 saturated heterocycles. The Bertz CT molecular complexity index is 1260. The summed E-state index contributed by atoms with van der Waals surface area (Å²) in [5, 5.41) is 19.7. The normalized spacial score (nSPS) is 15.2. The van der Waals surface area contributed by atoms with Crippen molar-refractivity contribution in [2.75, 3.05) is 32.1 Å². The zero-order valence-electron chi connectivity index (χ0n) is 17.2. The summed E-state index contributed by atoms with van der Waals surface area (Å²) in [5.74, 6) is -0.203. The van der Waals surface area contributed by atoms with Gasteiger partial charge in [-0.05, 0) is 18.2 Å². The number of thioether (sulfide) groups is 1. The number of rotatable bonds is 6. The average Bonchev–Trinajstić information content (AvgIpc) is 3.36. The van der Waals surface area contributed by atoms with Crippen LogP contribution in [0.4, 0.5) is 5.69 Å². The van der Waals surface area contributed by atoms with E-state index in [1.165, 1.54) is 16.7 Å². The average molecular weight is 469 g/mol. The van der Waals surface area contributed by atoms with Crippen molar-refractivity contribution in [2.45, 2.75) is 11.0 Å². The van der Waals surface area contributed by atoms with E-state index in [4.69, 9.17) is 4.74 Å². The van der Waals surface area contributed by atoms with Crippen LogP contribution >= 0.6 is 23.1 Å². The van der Waals surface area contributed by atoms with E-state index >= 15 is 0 Å². The number of amides is 1. The lowest BCUT2D eigenvalue weighted by atomic mass is 10.2. The van der Waals surface area contributed by atoms with Crippen LogP contribution in [0, 0.1) is 0 Å². The molecule has 2 N–H and O–H groups in total. The highest BCUT2D eigenvalue weighted by Crippen LogP contribution is 2.38. The number of aromatic nitrogens is 2. The molecular formula is C22H22N5O3S2+. The van der Waals surface area contributed by atoms with E-state index in [-0.39, 0.29) is 17.5 Å². The van der Waals surface area contributed by atoms with Gasteiger partial charge in [-0.25, -0.2) is 4.98 Å². The number of quaternary nitrogens is 1. The van der Waals surface area contributed by atoms with Gasteiger partial charge in [0.1, 0.15) is 13.1 Å². The van der Waals surface area contributed by atoms with Gasteiger partial charge in [0.2, 0.25) is 5.88 Å². The second kappa shape index (κ2) is 9.37. The maximum absolute atomic E-state index is 12.4. The van der Waals surface area contributed by atoms with E-state index in [2.05, 4.69) is 15.2 Å². The number of nitrogens with one attached hydrogen (secondary N) is 1. The molecule has 3 heterocycles. The first kappa shape index (κ1) is 21.1. The fourth-order valence-corrected chi connectivity index (χ4v) is 5.59. The number of hydrogen-bond donors (Lipinski definition) is 2. The molecule has 1 fully saturated rings. The summed E-state index contributed by atoms with van der Waals surface area (Å²) < 4.78 is 9.18. The molecule has 2 aromatic carbocycles. The fraction of sp³-hybridized carbons (Fsp3) is 0.273. The van der Waals surface area contributed by atoms with Crippen LogP contribution in [-0.2, 0) is 16.2 Å². The number of ether oxygens (including phenoxy) is 1. The van der Waals surface area contributed by atoms with E-state index < -0.39 is 0 Å². The van der Waals surface area contributed by atoms with Crippen molar-refractivity contribution in [1.82, 2.24) is 9.55 Å². The maximum atomic E-state index is 12.4. The number of hydrogen-bond acceptors (Lipinski definition) is 7. The monoisotopic (exact) mass is 468 g/mol. The molecular weight excluding hydrogens is 446 g/mol. The van der Waals surface area contributed by atoms with Crippen molar-refractivity contribution < 1.29 is 19.5 Å². The molecule has 0 bridgehead atoms. The molecule has 4 aromatic rings. The Morgan fingerprint density at radius 1 is 1.19 bits per heavy atom. The lowest BCUT2D eigenvalue weighted by Crippen LogP contribution is -3.13. The predicted molar refractivity (Wildman–Crippen MR) is 125 cm³/mol. The summed E-state index contributed by atoms with van der Waals surface area (Å²) in [5.41, 5.74) is 2.12. The Kier molecular flexibility index (Phi) is 6.17. The number of nitrogens with zero attached hydrogens (tertiary/aromatic N) is 4. The Morgan fingerprint density at radius 3 is 2.81 bits per heavy atom. The van der Waals surface area contributed by atoms with Crippen molar-refractivity contribution in [3.63, 3.8) is 0 Å². The summed E-state index contributed by atoms with van der Waals surface area (Å²) in [6, 6.07) is 15.5. The quantitative estimate of drug-likeness (QED) is 0.335. The van der Waals surface area contributed by atoms with E-state index in [9.17, 15) is 9.90 Å². The first-order valence-corrected chi connectivity index (χ1v) is 12.1. The van der Waals surface area contributed by atoms with Crippen molar-refractivity contribution >= 4 is 55.8 Å².